The van der Waals surface area contributed by atoms with Crippen LogP contribution >= 0.6 is 0 Å². The molecule has 3 saturated carbocycles. The molecule has 3 fully saturated rings. The van der Waals surface area contributed by atoms with Crippen LogP contribution in [0.4, 0.5) is 0 Å². The van der Waals surface area contributed by atoms with Crippen molar-refractivity contribution in [3.05, 3.63) is 54.1 Å². The summed E-state index contributed by atoms with van der Waals surface area (Å²) in [7, 11) is 0. The van der Waals surface area contributed by atoms with Crippen LogP contribution in [-0.4, -0.2) is 35.5 Å². The predicted octanol–water partition coefficient (Wildman–Crippen LogP) is 5.16. The molecule has 0 heterocycles. The molecule has 7 unspecified atom stereocenters. The SMILES string of the molecule is CC1(CO)C(O)CCC2(C)C3CCC4(COC(=O)C=Cc5ccccc5)C=CC3(CCC12)C4. The fourth-order valence-electron chi connectivity index (χ4n) is 8.38. The van der Waals surface area contributed by atoms with Gasteiger partial charge in [-0.3, -0.25) is 0 Å². The Kier molecular flexibility index (Phi) is 5.61. The summed E-state index contributed by atoms with van der Waals surface area (Å²) < 4.78 is 5.75. The van der Waals surface area contributed by atoms with E-state index in [2.05, 4.69) is 26.0 Å². The number of esters is 1. The van der Waals surface area contributed by atoms with Crippen molar-refractivity contribution in [1.29, 1.82) is 0 Å². The highest BCUT2D eigenvalue weighted by Crippen LogP contribution is 2.71. The highest BCUT2D eigenvalue weighted by molar-refractivity contribution is 5.87. The maximum atomic E-state index is 12.4. The smallest absolute Gasteiger partial charge is 0.330 e. The lowest BCUT2D eigenvalue weighted by atomic mass is 9.40. The van der Waals surface area contributed by atoms with Crippen molar-refractivity contribution < 1.29 is 19.7 Å². The van der Waals surface area contributed by atoms with Crippen molar-refractivity contribution in [2.24, 2.45) is 33.5 Å². The van der Waals surface area contributed by atoms with Crippen LogP contribution in [0, 0.1) is 33.5 Å². The van der Waals surface area contributed by atoms with Gasteiger partial charge < -0.3 is 14.9 Å². The molecule has 5 rings (SSSR count). The zero-order valence-electron chi connectivity index (χ0n) is 20.0. The topological polar surface area (TPSA) is 66.8 Å². The molecule has 4 nitrogen and oxygen atoms in total. The lowest BCUT2D eigenvalue weighted by Gasteiger charge is -2.65. The number of benzene rings is 1. The molecule has 0 radical (unpaired) electrons. The van der Waals surface area contributed by atoms with E-state index >= 15 is 0 Å². The number of hydrogen-bond donors (Lipinski definition) is 2. The number of hydrogen-bond acceptors (Lipinski definition) is 4. The summed E-state index contributed by atoms with van der Waals surface area (Å²) in [5.74, 6) is 0.625. The van der Waals surface area contributed by atoms with Crippen LogP contribution in [0.1, 0.15) is 64.4 Å². The normalized spacial score (nSPS) is 43.8. The zero-order chi connectivity index (χ0) is 23.3. The molecule has 2 N–H and O–H groups in total. The summed E-state index contributed by atoms with van der Waals surface area (Å²) >= 11 is 0. The first-order chi connectivity index (χ1) is 15.8. The number of ether oxygens (including phenoxy) is 1. The molecule has 2 bridgehead atoms. The standard InChI is InChI=1S/C29H38O4/c1-26-13-12-24(31)27(2,19-30)22(26)11-15-29-17-16-28(18-29,14-10-23(26)29)20-33-25(32)9-8-21-6-4-3-5-7-21/h3-9,16-17,22-24,30-31H,10-15,18-20H2,1-2H3. The van der Waals surface area contributed by atoms with Gasteiger partial charge in [-0.1, -0.05) is 56.3 Å². The van der Waals surface area contributed by atoms with Crippen molar-refractivity contribution in [3.8, 4) is 0 Å². The van der Waals surface area contributed by atoms with E-state index in [1.54, 1.807) is 6.08 Å². The molecule has 4 aliphatic carbocycles. The minimum Gasteiger partial charge on any atom is -0.462 e. The molecule has 0 aliphatic heterocycles. The van der Waals surface area contributed by atoms with Crippen LogP contribution in [0.5, 0.6) is 0 Å². The highest BCUT2D eigenvalue weighted by atomic mass is 16.5. The first-order valence-corrected chi connectivity index (χ1v) is 12.6. The van der Waals surface area contributed by atoms with Crippen LogP contribution in [0.2, 0.25) is 0 Å². The molecule has 4 heteroatoms. The van der Waals surface area contributed by atoms with Gasteiger partial charge in [0, 0.05) is 16.9 Å². The number of carbonyl (C=O) groups is 1. The molecule has 178 valence electrons. The predicted molar refractivity (Wildman–Crippen MR) is 129 cm³/mol. The summed E-state index contributed by atoms with van der Waals surface area (Å²) in [6.45, 7) is 5.03. The summed E-state index contributed by atoms with van der Waals surface area (Å²) in [5, 5.41) is 21.0. The van der Waals surface area contributed by atoms with Crippen molar-refractivity contribution in [2.75, 3.05) is 13.2 Å². The Morgan fingerprint density at radius 1 is 1.06 bits per heavy atom. The van der Waals surface area contributed by atoms with Crippen molar-refractivity contribution in [2.45, 2.75) is 64.9 Å². The van der Waals surface area contributed by atoms with Crippen molar-refractivity contribution >= 4 is 12.0 Å². The molecule has 7 atom stereocenters. The summed E-state index contributed by atoms with van der Waals surface area (Å²) in [4.78, 5) is 12.4. The molecule has 1 spiro atoms. The van der Waals surface area contributed by atoms with Gasteiger partial charge in [-0.15, -0.1) is 0 Å². The van der Waals surface area contributed by atoms with Crippen LogP contribution in [0.25, 0.3) is 6.08 Å². The van der Waals surface area contributed by atoms with Gasteiger partial charge in [0.1, 0.15) is 6.61 Å². The number of rotatable bonds is 5. The van der Waals surface area contributed by atoms with Gasteiger partial charge in [-0.05, 0) is 79.3 Å². The minimum absolute atomic E-state index is 0.0512. The average molecular weight is 451 g/mol. The third-order valence-corrected chi connectivity index (χ3v) is 10.1. The molecule has 1 aromatic carbocycles. The number of carbonyl (C=O) groups excluding carboxylic acids is 1. The van der Waals surface area contributed by atoms with Crippen LogP contribution < -0.4 is 0 Å². The first kappa shape index (κ1) is 22.9. The number of aliphatic hydroxyl groups excluding tert-OH is 2. The summed E-state index contributed by atoms with van der Waals surface area (Å²) in [6, 6.07) is 9.81. The van der Waals surface area contributed by atoms with Gasteiger partial charge >= 0.3 is 5.97 Å². The van der Waals surface area contributed by atoms with Crippen LogP contribution in [0.3, 0.4) is 0 Å². The highest BCUT2D eigenvalue weighted by Gasteiger charge is 2.65. The maximum absolute atomic E-state index is 12.4. The molecular weight excluding hydrogens is 412 g/mol. The van der Waals surface area contributed by atoms with Crippen molar-refractivity contribution in [1.82, 2.24) is 0 Å². The number of aliphatic hydroxyl groups is 2. The van der Waals surface area contributed by atoms with E-state index in [0.29, 0.717) is 18.4 Å². The van der Waals surface area contributed by atoms with Gasteiger partial charge in [0.15, 0.2) is 0 Å². The Morgan fingerprint density at radius 3 is 2.58 bits per heavy atom. The zero-order valence-corrected chi connectivity index (χ0v) is 20.0. The van der Waals surface area contributed by atoms with E-state index in [4.69, 9.17) is 4.74 Å². The van der Waals surface area contributed by atoms with E-state index in [-0.39, 0.29) is 28.8 Å². The van der Waals surface area contributed by atoms with E-state index in [1.165, 1.54) is 6.08 Å². The lowest BCUT2D eigenvalue weighted by molar-refractivity contribution is -0.196. The second kappa shape index (κ2) is 8.09. The second-order valence-electron chi connectivity index (χ2n) is 11.9. The van der Waals surface area contributed by atoms with Gasteiger partial charge in [0.2, 0.25) is 0 Å². The van der Waals surface area contributed by atoms with Crippen LogP contribution in [-0.2, 0) is 9.53 Å². The second-order valence-corrected chi connectivity index (χ2v) is 11.9. The molecule has 0 amide bonds. The number of fused-ring (bicyclic) bond motifs is 3. The lowest BCUT2D eigenvalue weighted by Crippen LogP contribution is -2.61. The Hall–Kier alpha value is -1.91. The number of allylic oxidation sites excluding steroid dienone is 1. The van der Waals surface area contributed by atoms with Gasteiger partial charge in [-0.2, -0.15) is 0 Å². The quantitative estimate of drug-likeness (QED) is 0.370. The van der Waals surface area contributed by atoms with Crippen molar-refractivity contribution in [3.63, 3.8) is 0 Å². The summed E-state index contributed by atoms with van der Waals surface area (Å²) in [5.41, 5.74) is 0.820. The van der Waals surface area contributed by atoms with Gasteiger partial charge in [0.25, 0.3) is 0 Å². The maximum Gasteiger partial charge on any atom is 0.330 e. The fraction of sp³-hybridized carbons (Fsp3) is 0.621. The Morgan fingerprint density at radius 2 is 1.82 bits per heavy atom. The third-order valence-electron chi connectivity index (χ3n) is 10.1. The monoisotopic (exact) mass is 450 g/mol. The van der Waals surface area contributed by atoms with E-state index in [9.17, 15) is 15.0 Å². The molecule has 1 aromatic rings. The Balaban J connectivity index is 1.28. The first-order valence-electron chi connectivity index (χ1n) is 12.6. The third kappa shape index (κ3) is 3.61. The molecular formula is C29H38O4. The van der Waals surface area contributed by atoms with E-state index in [1.807, 2.05) is 30.3 Å². The molecule has 0 saturated heterocycles. The van der Waals surface area contributed by atoms with Gasteiger partial charge in [0.05, 0.1) is 12.7 Å². The minimum atomic E-state index is -0.417. The van der Waals surface area contributed by atoms with Crippen LogP contribution in [0.15, 0.2) is 48.6 Å². The largest absolute Gasteiger partial charge is 0.462 e. The van der Waals surface area contributed by atoms with E-state index < -0.39 is 11.5 Å². The Labute approximate surface area is 197 Å². The fourth-order valence-corrected chi connectivity index (χ4v) is 8.38. The van der Waals surface area contributed by atoms with Gasteiger partial charge in [-0.25, -0.2) is 4.79 Å². The van der Waals surface area contributed by atoms with E-state index in [0.717, 1.165) is 50.5 Å². The summed E-state index contributed by atoms with van der Waals surface area (Å²) in [6.07, 6.45) is 14.9. The Bertz CT molecular complexity index is 954. The molecule has 33 heavy (non-hydrogen) atoms. The average Bonchev–Trinajstić information content (AvgIpc) is 3.10. The molecule has 4 aliphatic rings. The molecule has 0 aromatic heterocycles.